The van der Waals surface area contributed by atoms with Gasteiger partial charge in [0.05, 0.1) is 11.4 Å². The minimum atomic E-state index is 0.555. The first-order chi connectivity index (χ1) is 12.5. The van der Waals surface area contributed by atoms with Crippen LogP contribution in [-0.2, 0) is 13.0 Å². The largest absolute Gasteiger partial charge is 0.341 e. The van der Waals surface area contributed by atoms with Crippen molar-refractivity contribution in [3.8, 4) is 11.4 Å². The highest BCUT2D eigenvalue weighted by Crippen LogP contribution is 2.61. The van der Waals surface area contributed by atoms with Crippen LogP contribution in [0.3, 0.4) is 0 Å². The lowest BCUT2D eigenvalue weighted by molar-refractivity contribution is -0.115. The zero-order valence-corrected chi connectivity index (χ0v) is 16.7. The SMILES string of the molecule is CCCc1nc(-c2ccccc2)[nH]c1CN[C@@H]1C[C@@H]2C[C@H]([C@H]1C)C2(C)C. The quantitative estimate of drug-likeness (QED) is 0.752. The van der Waals surface area contributed by atoms with E-state index in [1.54, 1.807) is 0 Å². The van der Waals surface area contributed by atoms with Crippen molar-refractivity contribution >= 4 is 0 Å². The Balaban J connectivity index is 1.47. The molecule has 1 heterocycles. The first-order valence-corrected chi connectivity index (χ1v) is 10.4. The van der Waals surface area contributed by atoms with E-state index in [9.17, 15) is 0 Å². The minimum absolute atomic E-state index is 0.555. The van der Waals surface area contributed by atoms with E-state index in [4.69, 9.17) is 4.98 Å². The second-order valence-corrected chi connectivity index (χ2v) is 9.07. The van der Waals surface area contributed by atoms with Gasteiger partial charge in [-0.2, -0.15) is 0 Å². The molecule has 140 valence electrons. The van der Waals surface area contributed by atoms with Crippen LogP contribution in [0, 0.1) is 23.2 Å². The molecule has 3 fully saturated rings. The summed E-state index contributed by atoms with van der Waals surface area (Å²) in [6.07, 6.45) is 4.94. The van der Waals surface area contributed by atoms with Crippen molar-refractivity contribution in [3.05, 3.63) is 41.7 Å². The fourth-order valence-corrected chi connectivity index (χ4v) is 5.42. The Hall–Kier alpha value is -1.61. The number of nitrogens with one attached hydrogen (secondary N) is 2. The van der Waals surface area contributed by atoms with E-state index in [-0.39, 0.29) is 0 Å². The number of aromatic nitrogens is 2. The van der Waals surface area contributed by atoms with E-state index in [0.717, 1.165) is 43.0 Å². The summed E-state index contributed by atoms with van der Waals surface area (Å²) in [4.78, 5) is 8.51. The highest BCUT2D eigenvalue weighted by atomic mass is 15.0. The molecule has 26 heavy (non-hydrogen) atoms. The van der Waals surface area contributed by atoms with Crippen LogP contribution < -0.4 is 5.32 Å². The van der Waals surface area contributed by atoms with Crippen LogP contribution in [0.15, 0.2) is 30.3 Å². The molecule has 3 heteroatoms. The number of nitrogens with zero attached hydrogens (tertiary/aromatic N) is 1. The first-order valence-electron chi connectivity index (χ1n) is 10.4. The van der Waals surface area contributed by atoms with Gasteiger partial charge in [0.2, 0.25) is 0 Å². The Kier molecular flexibility index (Phi) is 4.68. The molecule has 2 aromatic rings. The van der Waals surface area contributed by atoms with Gasteiger partial charge in [0.15, 0.2) is 0 Å². The lowest BCUT2D eigenvalue weighted by atomic mass is 9.45. The number of H-pyrrole nitrogens is 1. The maximum atomic E-state index is 4.90. The lowest BCUT2D eigenvalue weighted by Crippen LogP contribution is -2.59. The molecular weight excluding hydrogens is 318 g/mol. The van der Waals surface area contributed by atoms with Crippen molar-refractivity contribution in [1.29, 1.82) is 0 Å². The van der Waals surface area contributed by atoms with Crippen LogP contribution in [0.2, 0.25) is 0 Å². The monoisotopic (exact) mass is 351 g/mol. The van der Waals surface area contributed by atoms with E-state index in [0.29, 0.717) is 11.5 Å². The molecule has 3 aliphatic rings. The van der Waals surface area contributed by atoms with Crippen LogP contribution in [0.25, 0.3) is 11.4 Å². The number of fused-ring (bicyclic) bond motifs is 2. The van der Waals surface area contributed by atoms with Gasteiger partial charge in [0.25, 0.3) is 0 Å². The van der Waals surface area contributed by atoms with Crippen LogP contribution in [0.5, 0.6) is 0 Å². The summed E-state index contributed by atoms with van der Waals surface area (Å²) in [7, 11) is 0. The maximum absolute atomic E-state index is 4.90. The van der Waals surface area contributed by atoms with Crippen LogP contribution in [0.4, 0.5) is 0 Å². The van der Waals surface area contributed by atoms with E-state index >= 15 is 0 Å². The van der Waals surface area contributed by atoms with Gasteiger partial charge in [0, 0.05) is 18.2 Å². The smallest absolute Gasteiger partial charge is 0.137 e. The Morgan fingerprint density at radius 1 is 1.19 bits per heavy atom. The molecule has 3 nitrogen and oxygen atoms in total. The van der Waals surface area contributed by atoms with Gasteiger partial charge >= 0.3 is 0 Å². The summed E-state index contributed by atoms with van der Waals surface area (Å²) in [6, 6.07) is 11.1. The van der Waals surface area contributed by atoms with Crippen LogP contribution in [0.1, 0.15) is 58.3 Å². The van der Waals surface area contributed by atoms with Gasteiger partial charge in [0.1, 0.15) is 5.82 Å². The van der Waals surface area contributed by atoms with E-state index < -0.39 is 0 Å². The van der Waals surface area contributed by atoms with Crippen molar-refractivity contribution in [3.63, 3.8) is 0 Å². The summed E-state index contributed by atoms with van der Waals surface area (Å²) >= 11 is 0. The van der Waals surface area contributed by atoms with E-state index in [1.807, 2.05) is 0 Å². The number of benzene rings is 1. The van der Waals surface area contributed by atoms with Gasteiger partial charge in [-0.1, -0.05) is 64.4 Å². The average molecular weight is 352 g/mol. The van der Waals surface area contributed by atoms with Gasteiger partial charge in [-0.15, -0.1) is 0 Å². The molecule has 1 aromatic heterocycles. The first kappa shape index (κ1) is 17.8. The normalized spacial score (nSPS) is 29.4. The predicted molar refractivity (Wildman–Crippen MR) is 108 cm³/mol. The molecule has 5 rings (SSSR count). The molecule has 0 radical (unpaired) electrons. The van der Waals surface area contributed by atoms with Crippen LogP contribution >= 0.6 is 0 Å². The number of hydrogen-bond donors (Lipinski definition) is 2. The molecule has 0 aliphatic heterocycles. The van der Waals surface area contributed by atoms with Crippen molar-refractivity contribution in [2.45, 2.75) is 66.0 Å². The fraction of sp³-hybridized carbons (Fsp3) is 0.609. The standard InChI is InChI=1S/C23H33N3/c1-5-9-19-21(26-22(25-19)16-10-7-6-8-11-16)14-24-20-13-17-12-18(15(20)2)23(17,3)4/h6-8,10-11,15,17-18,20,24H,5,9,12-14H2,1-4H3,(H,25,26)/t15-,17+,18-,20-/m1/s1. The third-order valence-electron chi connectivity index (χ3n) is 7.29. The highest BCUT2D eigenvalue weighted by Gasteiger charge is 2.55. The maximum Gasteiger partial charge on any atom is 0.137 e. The number of hydrogen-bond acceptors (Lipinski definition) is 2. The Bertz CT molecular complexity index is 746. The molecule has 3 saturated carbocycles. The second kappa shape index (κ2) is 6.84. The van der Waals surface area contributed by atoms with Gasteiger partial charge in [-0.25, -0.2) is 4.98 Å². The van der Waals surface area contributed by atoms with E-state index in [2.05, 4.69) is 68.3 Å². The third kappa shape index (κ3) is 3.00. The second-order valence-electron chi connectivity index (χ2n) is 9.07. The number of imidazole rings is 1. The Morgan fingerprint density at radius 2 is 1.96 bits per heavy atom. The molecule has 0 spiro atoms. The third-order valence-corrected chi connectivity index (χ3v) is 7.29. The van der Waals surface area contributed by atoms with Crippen molar-refractivity contribution in [2.75, 3.05) is 0 Å². The zero-order valence-electron chi connectivity index (χ0n) is 16.7. The zero-order chi connectivity index (χ0) is 18.3. The van der Waals surface area contributed by atoms with Crippen molar-refractivity contribution in [1.82, 2.24) is 15.3 Å². The summed E-state index contributed by atoms with van der Waals surface area (Å²) in [5.74, 6) is 3.56. The van der Waals surface area contributed by atoms with Gasteiger partial charge in [-0.05, 0) is 42.4 Å². The van der Waals surface area contributed by atoms with Crippen molar-refractivity contribution in [2.24, 2.45) is 23.2 Å². The minimum Gasteiger partial charge on any atom is -0.341 e. The number of aromatic amines is 1. The summed E-state index contributed by atoms with van der Waals surface area (Å²) in [5, 5.41) is 3.88. The molecule has 3 aliphatic carbocycles. The Labute approximate surface area is 158 Å². The summed E-state index contributed by atoms with van der Waals surface area (Å²) in [5.41, 5.74) is 4.23. The molecular formula is C23H33N3. The lowest BCUT2D eigenvalue weighted by Gasteiger charge is -2.62. The van der Waals surface area contributed by atoms with Gasteiger partial charge in [-0.3, -0.25) is 0 Å². The summed E-state index contributed by atoms with van der Waals surface area (Å²) in [6.45, 7) is 10.5. The molecule has 2 N–H and O–H groups in total. The highest BCUT2D eigenvalue weighted by molar-refractivity contribution is 5.55. The molecule has 0 unspecified atom stereocenters. The average Bonchev–Trinajstić information content (AvgIpc) is 3.04. The molecule has 4 atom stereocenters. The molecule has 0 saturated heterocycles. The Morgan fingerprint density at radius 3 is 2.62 bits per heavy atom. The predicted octanol–water partition coefficient (Wildman–Crippen LogP) is 5.19. The molecule has 2 bridgehead atoms. The van der Waals surface area contributed by atoms with Crippen molar-refractivity contribution < 1.29 is 0 Å². The summed E-state index contributed by atoms with van der Waals surface area (Å²) < 4.78 is 0. The number of rotatable bonds is 6. The van der Waals surface area contributed by atoms with Gasteiger partial charge < -0.3 is 10.3 Å². The fourth-order valence-electron chi connectivity index (χ4n) is 5.42. The molecule has 0 amide bonds. The number of aryl methyl sites for hydroxylation is 1. The van der Waals surface area contributed by atoms with Crippen LogP contribution in [-0.4, -0.2) is 16.0 Å². The van der Waals surface area contributed by atoms with E-state index in [1.165, 1.54) is 29.8 Å². The molecule has 1 aromatic carbocycles. The topological polar surface area (TPSA) is 40.7 Å².